The molecule has 7 heavy (non-hydrogen) atoms. The van der Waals surface area contributed by atoms with E-state index in [0.717, 1.165) is 6.08 Å². The molecule has 4 radical (unpaired) electrons. The van der Waals surface area contributed by atoms with Crippen LogP contribution >= 0.6 is 0 Å². The van der Waals surface area contributed by atoms with Gasteiger partial charge in [0.25, 0.3) is 0 Å². The Labute approximate surface area is 47.2 Å². The lowest BCUT2D eigenvalue weighted by atomic mass is 10.7. The third-order valence-corrected chi connectivity index (χ3v) is 0.368. The molecule has 0 aromatic heterocycles. The number of hydrogen-bond donors (Lipinski definition) is 0. The quantitative estimate of drug-likeness (QED) is 0.272. The molecule has 0 saturated heterocycles. The second-order valence-corrected chi connectivity index (χ2v) is 0.727. The van der Waals surface area contributed by atoms with Crippen LogP contribution in [0.5, 0.6) is 0 Å². The van der Waals surface area contributed by atoms with Gasteiger partial charge in [-0.3, -0.25) is 0 Å². The van der Waals surface area contributed by atoms with Crippen molar-refractivity contribution >= 4 is 16.9 Å². The SMILES string of the molecule is C=CC(=O)OC.[Si]. The molecule has 2 nitrogen and oxygen atoms in total. The Morgan fingerprint density at radius 3 is 2.29 bits per heavy atom. The number of rotatable bonds is 1. The highest BCUT2D eigenvalue weighted by Gasteiger charge is 1.81. The van der Waals surface area contributed by atoms with Crippen LogP contribution in [0.2, 0.25) is 0 Å². The first-order chi connectivity index (χ1) is 2.81. The first kappa shape index (κ1) is 9.66. The Kier molecular flexibility index (Phi) is 7.49. The molecule has 0 rings (SSSR count). The van der Waals surface area contributed by atoms with Gasteiger partial charge in [0.15, 0.2) is 0 Å². The molecule has 0 aromatic rings. The Balaban J connectivity index is 0. The molecule has 38 valence electrons. The summed E-state index contributed by atoms with van der Waals surface area (Å²) >= 11 is 0. The van der Waals surface area contributed by atoms with Gasteiger partial charge in [-0.2, -0.15) is 0 Å². The lowest BCUT2D eigenvalue weighted by Crippen LogP contribution is -1.91. The Hall–Kier alpha value is -0.573. The molecule has 0 amide bonds. The standard InChI is InChI=1S/C4H6O2.Si/c1-3-4(5)6-2;/h3H,1H2,2H3;. The molecule has 0 spiro atoms. The molecule has 0 N–H and O–H groups in total. The molecule has 0 atom stereocenters. The van der Waals surface area contributed by atoms with E-state index in [1.54, 1.807) is 0 Å². The van der Waals surface area contributed by atoms with Crippen molar-refractivity contribution in [2.45, 2.75) is 0 Å². The normalized spacial score (nSPS) is 5.86. The van der Waals surface area contributed by atoms with Crippen molar-refractivity contribution in [1.29, 1.82) is 0 Å². The molecule has 0 aromatic carbocycles. The molecule has 0 heterocycles. The van der Waals surface area contributed by atoms with Crippen LogP contribution in [0.4, 0.5) is 0 Å². The predicted octanol–water partition coefficient (Wildman–Crippen LogP) is -0.0354. The average Bonchev–Trinajstić information content (AvgIpc) is 1.65. The van der Waals surface area contributed by atoms with Crippen LogP contribution in [0.25, 0.3) is 0 Å². The predicted molar refractivity (Wildman–Crippen MR) is 28.0 cm³/mol. The molecular weight excluding hydrogens is 108 g/mol. The van der Waals surface area contributed by atoms with Crippen molar-refractivity contribution < 1.29 is 9.53 Å². The minimum Gasteiger partial charge on any atom is -0.466 e. The van der Waals surface area contributed by atoms with Gasteiger partial charge in [0.2, 0.25) is 0 Å². The Morgan fingerprint density at radius 2 is 2.29 bits per heavy atom. The maximum atomic E-state index is 9.84. The fourth-order valence-corrected chi connectivity index (χ4v) is 0.0833. The summed E-state index contributed by atoms with van der Waals surface area (Å²) in [5.41, 5.74) is 0. The summed E-state index contributed by atoms with van der Waals surface area (Å²) in [5.74, 6) is -0.394. The van der Waals surface area contributed by atoms with Crippen molar-refractivity contribution in [3.05, 3.63) is 12.7 Å². The molecule has 0 saturated carbocycles. The summed E-state index contributed by atoms with van der Waals surface area (Å²) in [7, 11) is 1.31. The van der Waals surface area contributed by atoms with E-state index in [2.05, 4.69) is 11.3 Å². The lowest BCUT2D eigenvalue weighted by Gasteiger charge is -1.83. The van der Waals surface area contributed by atoms with Gasteiger partial charge in [-0.05, 0) is 0 Å². The maximum Gasteiger partial charge on any atom is 0.329 e. The van der Waals surface area contributed by atoms with Crippen LogP contribution in [-0.4, -0.2) is 24.0 Å². The zero-order chi connectivity index (χ0) is 4.99. The van der Waals surface area contributed by atoms with E-state index in [0.29, 0.717) is 0 Å². The summed E-state index contributed by atoms with van der Waals surface area (Å²) in [5, 5.41) is 0. The van der Waals surface area contributed by atoms with E-state index in [1.807, 2.05) is 0 Å². The summed E-state index contributed by atoms with van der Waals surface area (Å²) in [6.07, 6.45) is 1.11. The van der Waals surface area contributed by atoms with Crippen molar-refractivity contribution in [1.82, 2.24) is 0 Å². The Morgan fingerprint density at radius 1 is 1.86 bits per heavy atom. The van der Waals surface area contributed by atoms with E-state index in [-0.39, 0.29) is 11.0 Å². The van der Waals surface area contributed by atoms with Gasteiger partial charge in [-0.1, -0.05) is 6.58 Å². The molecule has 3 heteroatoms. The number of methoxy groups -OCH3 is 1. The van der Waals surface area contributed by atoms with E-state index in [1.165, 1.54) is 7.11 Å². The van der Waals surface area contributed by atoms with E-state index in [4.69, 9.17) is 0 Å². The van der Waals surface area contributed by atoms with E-state index in [9.17, 15) is 4.79 Å². The number of carbonyl (C=O) groups is 1. The van der Waals surface area contributed by atoms with Gasteiger partial charge >= 0.3 is 5.97 Å². The highest BCUT2D eigenvalue weighted by Crippen LogP contribution is 1.67. The second kappa shape index (κ2) is 5.43. The fourth-order valence-electron chi connectivity index (χ4n) is 0.0833. The summed E-state index contributed by atoms with van der Waals surface area (Å²) in [6.45, 7) is 3.16. The van der Waals surface area contributed by atoms with Gasteiger partial charge in [-0.25, -0.2) is 4.79 Å². The van der Waals surface area contributed by atoms with E-state index >= 15 is 0 Å². The van der Waals surface area contributed by atoms with Crippen LogP contribution in [0, 0.1) is 0 Å². The minimum absolute atomic E-state index is 0. The first-order valence-electron chi connectivity index (χ1n) is 1.51. The van der Waals surface area contributed by atoms with Gasteiger partial charge in [0, 0.05) is 17.0 Å². The lowest BCUT2D eigenvalue weighted by molar-refractivity contribution is -0.134. The zero-order valence-electron chi connectivity index (χ0n) is 4.10. The summed E-state index contributed by atoms with van der Waals surface area (Å²) in [6, 6.07) is 0. The van der Waals surface area contributed by atoms with Gasteiger partial charge < -0.3 is 4.74 Å². The van der Waals surface area contributed by atoms with E-state index < -0.39 is 5.97 Å². The topological polar surface area (TPSA) is 26.3 Å². The summed E-state index contributed by atoms with van der Waals surface area (Å²) < 4.78 is 4.14. The molecule has 0 bridgehead atoms. The minimum atomic E-state index is -0.394. The van der Waals surface area contributed by atoms with Crippen LogP contribution in [0.3, 0.4) is 0 Å². The van der Waals surface area contributed by atoms with Crippen LogP contribution in [-0.2, 0) is 9.53 Å². The zero-order valence-corrected chi connectivity index (χ0v) is 5.10. The van der Waals surface area contributed by atoms with Crippen molar-refractivity contribution in [3.8, 4) is 0 Å². The van der Waals surface area contributed by atoms with Crippen molar-refractivity contribution in [2.75, 3.05) is 7.11 Å². The second-order valence-electron chi connectivity index (χ2n) is 0.727. The highest BCUT2D eigenvalue weighted by atomic mass is 28.1. The summed E-state index contributed by atoms with van der Waals surface area (Å²) in [4.78, 5) is 9.84. The largest absolute Gasteiger partial charge is 0.466 e. The average molecular weight is 114 g/mol. The van der Waals surface area contributed by atoms with Crippen LogP contribution in [0.15, 0.2) is 12.7 Å². The number of carbonyl (C=O) groups excluding carboxylic acids is 1. The number of esters is 1. The van der Waals surface area contributed by atoms with Crippen molar-refractivity contribution in [3.63, 3.8) is 0 Å². The molecule has 0 unspecified atom stereocenters. The van der Waals surface area contributed by atoms with Gasteiger partial charge in [0.1, 0.15) is 0 Å². The fraction of sp³-hybridized carbons (Fsp3) is 0.250. The molecule has 0 aliphatic rings. The maximum absolute atomic E-state index is 9.84. The van der Waals surface area contributed by atoms with Crippen molar-refractivity contribution in [2.24, 2.45) is 0 Å². The molecule has 0 aliphatic heterocycles. The molecule has 0 fully saturated rings. The monoisotopic (exact) mass is 114 g/mol. The molecule has 0 aliphatic carbocycles. The first-order valence-corrected chi connectivity index (χ1v) is 1.51. The molecular formula is C4H6O2Si. The third-order valence-electron chi connectivity index (χ3n) is 0.368. The Bertz CT molecular complexity index is 70.1. The number of ether oxygens (including phenoxy) is 1. The van der Waals surface area contributed by atoms with Crippen LogP contribution in [0.1, 0.15) is 0 Å². The number of hydrogen-bond acceptors (Lipinski definition) is 2. The van der Waals surface area contributed by atoms with Gasteiger partial charge in [-0.15, -0.1) is 0 Å². The highest BCUT2D eigenvalue weighted by molar-refractivity contribution is 5.80. The van der Waals surface area contributed by atoms with Gasteiger partial charge in [0.05, 0.1) is 7.11 Å². The smallest absolute Gasteiger partial charge is 0.329 e. The van der Waals surface area contributed by atoms with Crippen LogP contribution < -0.4 is 0 Å². The third kappa shape index (κ3) is 5.43.